The van der Waals surface area contributed by atoms with Gasteiger partial charge in [0, 0.05) is 16.5 Å². The average molecular weight is 298 g/mol. The molecule has 1 aromatic rings. The van der Waals surface area contributed by atoms with Gasteiger partial charge in [-0.05, 0) is 25.0 Å². The van der Waals surface area contributed by atoms with E-state index in [1.165, 1.54) is 12.1 Å². The molecule has 0 saturated heterocycles. The number of esters is 1. The van der Waals surface area contributed by atoms with Crippen molar-refractivity contribution < 1.29 is 14.5 Å². The summed E-state index contributed by atoms with van der Waals surface area (Å²) in [6.45, 7) is 1.87. The molecule has 0 radical (unpaired) electrons. The zero-order valence-electron chi connectivity index (χ0n) is 8.90. The smallest absolute Gasteiger partial charge is 0.384 e. The van der Waals surface area contributed by atoms with Gasteiger partial charge in [0.1, 0.15) is 5.56 Å². The highest BCUT2D eigenvalue weighted by Gasteiger charge is 2.12. The van der Waals surface area contributed by atoms with Gasteiger partial charge >= 0.3 is 5.97 Å². The molecule has 6 heteroatoms. The van der Waals surface area contributed by atoms with E-state index in [0.29, 0.717) is 4.47 Å². The lowest BCUT2D eigenvalue weighted by Crippen LogP contribution is -2.00. The summed E-state index contributed by atoms with van der Waals surface area (Å²) in [7, 11) is 0. The molecule has 88 valence electrons. The summed E-state index contributed by atoms with van der Waals surface area (Å²) in [4.78, 5) is 21.2. The highest BCUT2D eigenvalue weighted by molar-refractivity contribution is 9.10. The molecule has 0 atom stereocenters. The quantitative estimate of drug-likeness (QED) is 0.363. The van der Waals surface area contributed by atoms with E-state index in [0.717, 1.165) is 0 Å². The third kappa shape index (κ3) is 3.89. The molecule has 0 N–H and O–H groups in total. The lowest BCUT2D eigenvalue weighted by atomic mass is 10.2. The molecular formula is C11H8BrNO4. The fraction of sp³-hybridized carbons (Fsp3) is 0.182. The molecule has 0 saturated carbocycles. The topological polar surface area (TPSA) is 69.4 Å². The van der Waals surface area contributed by atoms with Crippen LogP contribution in [0.1, 0.15) is 12.5 Å². The number of ether oxygens (including phenoxy) is 1. The molecule has 0 bridgehead atoms. The summed E-state index contributed by atoms with van der Waals surface area (Å²) < 4.78 is 5.17. The maximum Gasteiger partial charge on any atom is 0.384 e. The number of hydrogen-bond donors (Lipinski definition) is 0. The Kier molecular flexibility index (Phi) is 4.67. The summed E-state index contributed by atoms with van der Waals surface area (Å²) in [6.07, 6.45) is 0. The SMILES string of the molecule is CCOC(=O)C#Cc1ccc(Br)cc1[N+](=O)[O-]. The van der Waals surface area contributed by atoms with Gasteiger partial charge in [0.05, 0.1) is 11.5 Å². The van der Waals surface area contributed by atoms with Crippen molar-refractivity contribution in [2.45, 2.75) is 6.92 Å². The summed E-state index contributed by atoms with van der Waals surface area (Å²) in [5, 5.41) is 10.7. The predicted octanol–water partition coefficient (Wildman–Crippen LogP) is 2.27. The number of carbonyl (C=O) groups is 1. The fourth-order valence-electron chi connectivity index (χ4n) is 1.05. The Balaban J connectivity index is 3.06. The van der Waals surface area contributed by atoms with Crippen molar-refractivity contribution in [1.82, 2.24) is 0 Å². The summed E-state index contributed by atoms with van der Waals surface area (Å²) >= 11 is 3.13. The van der Waals surface area contributed by atoms with Gasteiger partial charge < -0.3 is 4.74 Å². The van der Waals surface area contributed by atoms with Crippen LogP contribution in [0.25, 0.3) is 0 Å². The average Bonchev–Trinajstić information content (AvgIpc) is 2.27. The third-order valence-corrected chi connectivity index (χ3v) is 2.22. The predicted molar refractivity (Wildman–Crippen MR) is 64.3 cm³/mol. The van der Waals surface area contributed by atoms with Gasteiger partial charge in [-0.25, -0.2) is 4.79 Å². The number of halogens is 1. The largest absolute Gasteiger partial charge is 0.456 e. The number of nitro benzene ring substituents is 1. The summed E-state index contributed by atoms with van der Waals surface area (Å²) in [5.41, 5.74) is 0.0161. The Morgan fingerprint density at radius 1 is 1.59 bits per heavy atom. The minimum atomic E-state index is -0.704. The maximum atomic E-state index is 11.0. The van der Waals surface area contributed by atoms with Gasteiger partial charge in [0.15, 0.2) is 0 Å². The molecule has 17 heavy (non-hydrogen) atoms. The van der Waals surface area contributed by atoms with Crippen LogP contribution in [-0.2, 0) is 9.53 Å². The Morgan fingerprint density at radius 3 is 2.88 bits per heavy atom. The first-order chi connectivity index (χ1) is 8.04. The van der Waals surface area contributed by atoms with Crippen LogP contribution in [-0.4, -0.2) is 17.5 Å². The molecule has 0 fully saturated rings. The number of carbonyl (C=O) groups excluding carboxylic acids is 1. The fourth-order valence-corrected chi connectivity index (χ4v) is 1.40. The standard InChI is InChI=1S/C11H8BrNO4/c1-2-17-11(14)6-4-8-3-5-9(12)7-10(8)13(15)16/h3,5,7H,2H2,1H3. The van der Waals surface area contributed by atoms with Gasteiger partial charge in [0.2, 0.25) is 0 Å². The molecule has 0 aliphatic heterocycles. The van der Waals surface area contributed by atoms with Gasteiger partial charge in [-0.15, -0.1) is 0 Å². The van der Waals surface area contributed by atoms with Crippen molar-refractivity contribution in [1.29, 1.82) is 0 Å². The Labute approximate surface area is 106 Å². The minimum Gasteiger partial charge on any atom is -0.456 e. The second-order valence-corrected chi connectivity index (χ2v) is 3.80. The second kappa shape index (κ2) is 6.01. The zero-order valence-corrected chi connectivity index (χ0v) is 10.5. The summed E-state index contributed by atoms with van der Waals surface area (Å²) in [5.74, 6) is 3.90. The first-order valence-corrected chi connectivity index (χ1v) is 5.46. The van der Waals surface area contributed by atoms with Crippen LogP contribution in [0, 0.1) is 22.0 Å². The highest BCUT2D eigenvalue weighted by Crippen LogP contribution is 2.22. The summed E-state index contributed by atoms with van der Waals surface area (Å²) in [6, 6.07) is 4.41. The van der Waals surface area contributed by atoms with Gasteiger partial charge in [-0.3, -0.25) is 10.1 Å². The lowest BCUT2D eigenvalue weighted by molar-refractivity contribution is -0.385. The number of nitrogens with zero attached hydrogens (tertiary/aromatic N) is 1. The van der Waals surface area contributed by atoms with E-state index in [2.05, 4.69) is 32.5 Å². The van der Waals surface area contributed by atoms with Crippen molar-refractivity contribution in [2.75, 3.05) is 6.61 Å². The van der Waals surface area contributed by atoms with E-state index in [1.54, 1.807) is 13.0 Å². The molecular weight excluding hydrogens is 290 g/mol. The molecule has 0 aromatic heterocycles. The molecule has 0 spiro atoms. The molecule has 0 heterocycles. The monoisotopic (exact) mass is 297 g/mol. The number of benzene rings is 1. The number of rotatable bonds is 2. The normalized spacial score (nSPS) is 9.06. The van der Waals surface area contributed by atoms with Gasteiger partial charge in [-0.1, -0.05) is 15.9 Å². The van der Waals surface area contributed by atoms with E-state index in [-0.39, 0.29) is 17.9 Å². The van der Waals surface area contributed by atoms with Crippen molar-refractivity contribution in [3.05, 3.63) is 38.3 Å². The van der Waals surface area contributed by atoms with Crippen LogP contribution in [0.4, 0.5) is 5.69 Å². The van der Waals surface area contributed by atoms with E-state index in [1.807, 2.05) is 0 Å². The van der Waals surface area contributed by atoms with Crippen LogP contribution in [0.3, 0.4) is 0 Å². The molecule has 0 unspecified atom stereocenters. The Hall–Kier alpha value is -1.87. The number of nitro groups is 1. The van der Waals surface area contributed by atoms with Crippen molar-refractivity contribution in [3.8, 4) is 11.8 Å². The molecule has 5 nitrogen and oxygen atoms in total. The molecule has 1 aromatic carbocycles. The van der Waals surface area contributed by atoms with Crippen LogP contribution in [0.5, 0.6) is 0 Å². The first-order valence-electron chi connectivity index (χ1n) is 4.67. The Bertz CT molecular complexity index is 516. The molecule has 1 rings (SSSR count). The minimum absolute atomic E-state index is 0.156. The van der Waals surface area contributed by atoms with E-state index < -0.39 is 10.9 Å². The number of hydrogen-bond acceptors (Lipinski definition) is 4. The van der Waals surface area contributed by atoms with Crippen LogP contribution < -0.4 is 0 Å². The van der Waals surface area contributed by atoms with Crippen molar-refractivity contribution in [3.63, 3.8) is 0 Å². The van der Waals surface area contributed by atoms with Crippen molar-refractivity contribution in [2.24, 2.45) is 0 Å². The van der Waals surface area contributed by atoms with Crippen LogP contribution >= 0.6 is 15.9 Å². The van der Waals surface area contributed by atoms with Crippen LogP contribution in [0.2, 0.25) is 0 Å². The first kappa shape index (κ1) is 13.2. The maximum absolute atomic E-state index is 11.0. The van der Waals surface area contributed by atoms with E-state index in [9.17, 15) is 14.9 Å². The lowest BCUT2D eigenvalue weighted by Gasteiger charge is -1.96. The third-order valence-electron chi connectivity index (χ3n) is 1.73. The Morgan fingerprint density at radius 2 is 2.29 bits per heavy atom. The van der Waals surface area contributed by atoms with E-state index in [4.69, 9.17) is 0 Å². The van der Waals surface area contributed by atoms with Gasteiger partial charge in [0.25, 0.3) is 5.69 Å². The van der Waals surface area contributed by atoms with Crippen LogP contribution in [0.15, 0.2) is 22.7 Å². The van der Waals surface area contributed by atoms with Gasteiger partial charge in [-0.2, -0.15) is 0 Å². The second-order valence-electron chi connectivity index (χ2n) is 2.89. The van der Waals surface area contributed by atoms with E-state index >= 15 is 0 Å². The molecule has 0 aliphatic rings. The zero-order chi connectivity index (χ0) is 12.8. The highest BCUT2D eigenvalue weighted by atomic mass is 79.9. The molecule has 0 amide bonds. The van der Waals surface area contributed by atoms with Crippen molar-refractivity contribution >= 4 is 27.6 Å². The molecule has 0 aliphatic carbocycles.